The van der Waals surface area contributed by atoms with Crippen LogP contribution in [0.5, 0.6) is 0 Å². The average Bonchev–Trinajstić information content (AvgIpc) is 2.24. The first-order chi connectivity index (χ1) is 8.29. The number of ether oxygens (including phenoxy) is 1. The molecule has 2 amide bonds. The average molecular weight is 257 g/mol. The summed E-state index contributed by atoms with van der Waals surface area (Å²) < 4.78 is 5.12. The molecule has 0 aromatic heterocycles. The van der Waals surface area contributed by atoms with Crippen molar-refractivity contribution in [2.45, 2.75) is 57.7 Å². The number of amides is 2. The number of carbonyl (C=O) groups excluding carboxylic acids is 2. The number of rotatable bonds is 3. The fourth-order valence-electron chi connectivity index (χ4n) is 1.97. The third-order valence-electron chi connectivity index (χ3n) is 2.73. The molecule has 0 radical (unpaired) electrons. The van der Waals surface area contributed by atoms with Gasteiger partial charge in [-0.15, -0.1) is 0 Å². The maximum absolute atomic E-state index is 11.6. The highest BCUT2D eigenvalue weighted by Crippen LogP contribution is 2.12. The Bertz CT molecular complexity index is 306. The summed E-state index contributed by atoms with van der Waals surface area (Å²) in [5, 5.41) is 5.74. The smallest absolute Gasteiger partial charge is 0.408 e. The summed E-state index contributed by atoms with van der Waals surface area (Å²) in [5.41, 5.74) is 4.74. The van der Waals surface area contributed by atoms with Gasteiger partial charge in [-0.2, -0.15) is 0 Å². The van der Waals surface area contributed by atoms with Crippen molar-refractivity contribution in [3.63, 3.8) is 0 Å². The second kappa shape index (κ2) is 6.04. The Labute approximate surface area is 108 Å². The molecule has 0 spiro atoms. The number of alkyl carbamates (subject to hydrolysis) is 1. The van der Waals surface area contributed by atoms with E-state index < -0.39 is 23.6 Å². The van der Waals surface area contributed by atoms with Gasteiger partial charge in [0.05, 0.1) is 0 Å². The molecule has 1 heterocycles. The van der Waals surface area contributed by atoms with Gasteiger partial charge in [0.2, 0.25) is 5.91 Å². The molecule has 2 unspecified atom stereocenters. The first-order valence-corrected chi connectivity index (χ1v) is 6.32. The van der Waals surface area contributed by atoms with Gasteiger partial charge in [0, 0.05) is 6.04 Å². The third kappa shape index (κ3) is 4.91. The summed E-state index contributed by atoms with van der Waals surface area (Å²) in [6.45, 7) is 6.14. The number of primary amides is 1. The molecule has 0 saturated carbocycles. The van der Waals surface area contributed by atoms with E-state index in [1.54, 1.807) is 20.8 Å². The molecule has 0 aromatic rings. The molecule has 1 aliphatic rings. The fraction of sp³-hybridized carbons (Fsp3) is 0.833. The van der Waals surface area contributed by atoms with Crippen molar-refractivity contribution in [3.05, 3.63) is 0 Å². The van der Waals surface area contributed by atoms with E-state index in [-0.39, 0.29) is 6.04 Å². The van der Waals surface area contributed by atoms with Gasteiger partial charge in [0.15, 0.2) is 0 Å². The van der Waals surface area contributed by atoms with Crippen molar-refractivity contribution in [1.82, 2.24) is 10.6 Å². The molecule has 1 aliphatic heterocycles. The van der Waals surface area contributed by atoms with Crippen LogP contribution in [-0.2, 0) is 9.53 Å². The van der Waals surface area contributed by atoms with Gasteiger partial charge < -0.3 is 21.1 Å². The summed E-state index contributed by atoms with van der Waals surface area (Å²) in [6.07, 6.45) is 2.31. The van der Waals surface area contributed by atoms with Crippen LogP contribution in [0.3, 0.4) is 0 Å². The molecular formula is C12H23N3O3. The van der Waals surface area contributed by atoms with E-state index >= 15 is 0 Å². The maximum Gasteiger partial charge on any atom is 0.408 e. The highest BCUT2D eigenvalue weighted by molar-refractivity contribution is 5.85. The topological polar surface area (TPSA) is 93.4 Å². The van der Waals surface area contributed by atoms with E-state index in [1.807, 2.05) is 0 Å². The van der Waals surface area contributed by atoms with E-state index in [1.165, 1.54) is 0 Å². The Kier molecular flexibility index (Phi) is 4.95. The zero-order chi connectivity index (χ0) is 13.8. The zero-order valence-corrected chi connectivity index (χ0v) is 11.3. The monoisotopic (exact) mass is 257 g/mol. The van der Waals surface area contributed by atoms with E-state index in [0.29, 0.717) is 0 Å². The lowest BCUT2D eigenvalue weighted by molar-refractivity contribution is -0.120. The van der Waals surface area contributed by atoms with Crippen LogP contribution in [0.25, 0.3) is 0 Å². The molecular weight excluding hydrogens is 234 g/mol. The van der Waals surface area contributed by atoms with Crippen LogP contribution >= 0.6 is 0 Å². The van der Waals surface area contributed by atoms with E-state index in [9.17, 15) is 9.59 Å². The minimum absolute atomic E-state index is 0.108. The summed E-state index contributed by atoms with van der Waals surface area (Å²) >= 11 is 0. The summed E-state index contributed by atoms with van der Waals surface area (Å²) in [4.78, 5) is 23.1. The predicted molar refractivity (Wildman–Crippen MR) is 68.0 cm³/mol. The van der Waals surface area contributed by atoms with Gasteiger partial charge in [0.1, 0.15) is 11.6 Å². The fourth-order valence-corrected chi connectivity index (χ4v) is 1.97. The first kappa shape index (κ1) is 14.8. The number of piperidine rings is 1. The third-order valence-corrected chi connectivity index (χ3v) is 2.73. The van der Waals surface area contributed by atoms with Gasteiger partial charge in [-0.1, -0.05) is 6.42 Å². The van der Waals surface area contributed by atoms with Gasteiger partial charge in [-0.05, 0) is 40.2 Å². The Hall–Kier alpha value is -1.30. The zero-order valence-electron chi connectivity index (χ0n) is 11.3. The van der Waals surface area contributed by atoms with Gasteiger partial charge in [0.25, 0.3) is 0 Å². The van der Waals surface area contributed by atoms with E-state index in [0.717, 1.165) is 25.8 Å². The molecule has 1 saturated heterocycles. The molecule has 0 bridgehead atoms. The number of hydrogen-bond acceptors (Lipinski definition) is 4. The number of carbonyl (C=O) groups is 2. The molecule has 6 heteroatoms. The standard InChI is InChI=1S/C12H23N3O3/c1-12(2,3)18-11(17)15-9(10(13)16)8-6-4-5-7-14-8/h8-9,14H,4-7H2,1-3H3,(H2,13,16)(H,15,17). The van der Waals surface area contributed by atoms with Crippen molar-refractivity contribution in [1.29, 1.82) is 0 Å². The summed E-state index contributed by atoms with van der Waals surface area (Å²) in [6, 6.07) is -0.830. The quantitative estimate of drug-likeness (QED) is 0.686. The van der Waals surface area contributed by atoms with Gasteiger partial charge in [-0.25, -0.2) is 4.79 Å². The summed E-state index contributed by atoms with van der Waals surface area (Å²) in [5.74, 6) is -0.541. The minimum atomic E-state index is -0.722. The molecule has 1 rings (SSSR count). The Morgan fingerprint density at radius 2 is 2.06 bits per heavy atom. The van der Waals surface area contributed by atoms with E-state index in [4.69, 9.17) is 10.5 Å². The number of nitrogens with two attached hydrogens (primary N) is 1. The normalized spacial score (nSPS) is 22.1. The van der Waals surface area contributed by atoms with Crippen molar-refractivity contribution < 1.29 is 14.3 Å². The number of hydrogen-bond donors (Lipinski definition) is 3. The largest absolute Gasteiger partial charge is 0.444 e. The minimum Gasteiger partial charge on any atom is -0.444 e. The lowest BCUT2D eigenvalue weighted by Gasteiger charge is -2.30. The van der Waals surface area contributed by atoms with Crippen LogP contribution in [0, 0.1) is 0 Å². The molecule has 0 aromatic carbocycles. The summed E-state index contributed by atoms with van der Waals surface area (Å²) in [7, 11) is 0. The molecule has 1 fully saturated rings. The van der Waals surface area contributed by atoms with Crippen molar-refractivity contribution in [2.24, 2.45) is 5.73 Å². The van der Waals surface area contributed by atoms with Crippen LogP contribution in [0.4, 0.5) is 4.79 Å². The van der Waals surface area contributed by atoms with Crippen LogP contribution in [0.1, 0.15) is 40.0 Å². The first-order valence-electron chi connectivity index (χ1n) is 6.32. The highest BCUT2D eigenvalue weighted by Gasteiger charge is 2.30. The Balaban J connectivity index is 2.57. The molecule has 2 atom stereocenters. The second-order valence-corrected chi connectivity index (χ2v) is 5.58. The SMILES string of the molecule is CC(C)(C)OC(=O)NC(C(N)=O)C1CCCCN1. The molecule has 104 valence electrons. The van der Waals surface area contributed by atoms with Crippen molar-refractivity contribution in [3.8, 4) is 0 Å². The lowest BCUT2D eigenvalue weighted by atomic mass is 9.97. The molecule has 0 aliphatic carbocycles. The second-order valence-electron chi connectivity index (χ2n) is 5.58. The molecule has 4 N–H and O–H groups in total. The van der Waals surface area contributed by atoms with Gasteiger partial charge in [-0.3, -0.25) is 4.79 Å². The van der Waals surface area contributed by atoms with Gasteiger partial charge >= 0.3 is 6.09 Å². The molecule has 18 heavy (non-hydrogen) atoms. The Morgan fingerprint density at radius 3 is 2.50 bits per heavy atom. The van der Waals surface area contributed by atoms with Crippen LogP contribution in [0.15, 0.2) is 0 Å². The highest BCUT2D eigenvalue weighted by atomic mass is 16.6. The van der Waals surface area contributed by atoms with Crippen molar-refractivity contribution >= 4 is 12.0 Å². The predicted octanol–water partition coefficient (Wildman–Crippen LogP) is 0.507. The molecule has 6 nitrogen and oxygen atoms in total. The van der Waals surface area contributed by atoms with E-state index in [2.05, 4.69) is 10.6 Å². The maximum atomic E-state index is 11.6. The van der Waals surface area contributed by atoms with Crippen molar-refractivity contribution in [2.75, 3.05) is 6.54 Å². The Morgan fingerprint density at radius 1 is 1.39 bits per heavy atom. The van der Waals surface area contributed by atoms with Crippen LogP contribution < -0.4 is 16.4 Å². The van der Waals surface area contributed by atoms with Crippen LogP contribution in [0.2, 0.25) is 0 Å². The number of nitrogens with one attached hydrogen (secondary N) is 2. The van der Waals surface area contributed by atoms with Crippen LogP contribution in [-0.4, -0.2) is 36.2 Å². The lowest BCUT2D eigenvalue weighted by Crippen LogP contribution is -2.58.